The lowest BCUT2D eigenvalue weighted by atomic mass is 10.0. The Morgan fingerprint density at radius 2 is 0.806 bits per heavy atom. The molecule has 4 N–H and O–H groups in total. The number of aliphatic imine (C=N–C) groups is 1. The highest BCUT2D eigenvalue weighted by Crippen LogP contribution is 3.28. The largest absolute Gasteiger partial charge is 0.397 e. The molecule has 0 aromatic heterocycles. The molecule has 4 nitrogen and oxygen atoms in total. The van der Waals surface area contributed by atoms with Crippen molar-refractivity contribution in [2.45, 2.75) is 13.8 Å². The molecule has 10 unspecified atom stereocenters. The van der Waals surface area contributed by atoms with Crippen molar-refractivity contribution in [3.05, 3.63) is 122 Å². The summed E-state index contributed by atoms with van der Waals surface area (Å²) in [6, 6.07) is 26.0. The van der Waals surface area contributed by atoms with Gasteiger partial charge in [0.1, 0.15) is 6.29 Å². The molecule has 0 aliphatic carbocycles. The molecular formula is C28H45Cl4N3OP18S18. The van der Waals surface area contributed by atoms with Crippen LogP contribution in [-0.4, -0.2) is 12.0 Å². The molecule has 0 bridgehead atoms. The molecule has 404 valence electrons. The summed E-state index contributed by atoms with van der Waals surface area (Å²) in [5.41, 5.74) is 16.8. The quantitative estimate of drug-likeness (QED) is 0.0991. The van der Waals surface area contributed by atoms with Gasteiger partial charge in [0.05, 0.1) is 42.9 Å². The molecule has 72 heavy (non-hydrogen) atoms. The number of nitrogens with two attached hydrogens (primary N) is 2. The molecule has 4 aromatic carbocycles. The van der Waals surface area contributed by atoms with Crippen LogP contribution in [0.2, 0.25) is 20.1 Å². The van der Waals surface area contributed by atoms with Crippen molar-refractivity contribution < 1.29 is 4.79 Å². The van der Waals surface area contributed by atoms with Crippen LogP contribution < -0.4 is 11.5 Å². The minimum absolute atomic E-state index is 0. The molecule has 0 spiro atoms. The summed E-state index contributed by atoms with van der Waals surface area (Å²) in [5, 5.41) is 2.00. The standard InChI is InChI=1S/C14H9Cl2N.C7H6O.C6H6Cl2N2.CH4.H20P18.S18/c15-11-6-10-7-13(9-4-2-1-3-5-9)17-14(10)8-12(11)16;8-6-7-4-2-1-3-5-7;7-3-1-5(9)6(10)2-4(3)8;;1-11(2)16(12(3)4)18(15(9)10)17(13(5)6)14(7)8;1-3-5-7-9-11-13-15-17-18-16-14-12-10-8-6-4-2/h1-6,8H,7H2;1-6H;1-2H,9-10H2;1H4;1-10H2;. The van der Waals surface area contributed by atoms with Crippen molar-refractivity contribution in [3.63, 3.8) is 0 Å². The number of halogens is 4. The van der Waals surface area contributed by atoms with Crippen molar-refractivity contribution in [1.29, 1.82) is 0 Å². The Kier molecular flexibility index (Phi) is 56.8. The highest BCUT2D eigenvalue weighted by molar-refractivity contribution is 9.33. The third-order valence-corrected chi connectivity index (χ3v) is 150. The first-order valence-corrected chi connectivity index (χ1v) is 73.2. The minimum atomic E-state index is 0. The third-order valence-electron chi connectivity index (χ3n) is 6.67. The summed E-state index contributed by atoms with van der Waals surface area (Å²) in [7, 11) is 58.4. The van der Waals surface area contributed by atoms with Gasteiger partial charge in [-0.25, -0.2) is 0 Å². The van der Waals surface area contributed by atoms with E-state index in [-0.39, 0.29) is 63.3 Å². The Balaban J connectivity index is 0.000000896. The van der Waals surface area contributed by atoms with Crippen LogP contribution in [0.5, 0.6) is 0 Å². The molecule has 1 aliphatic heterocycles. The smallest absolute Gasteiger partial charge is 0.150 e. The normalized spacial score (nSPS) is 10.7. The molecule has 44 heteroatoms. The lowest BCUT2D eigenvalue weighted by molar-refractivity contribution is 0.112. The fraction of sp³-hybridized carbons (Fsp3) is 0.0714. The highest BCUT2D eigenvalue weighted by atomic mass is 35.5. The summed E-state index contributed by atoms with van der Waals surface area (Å²) in [6.45, 7) is 0.703. The first kappa shape index (κ1) is 80.7. The number of carbonyl (C=O) groups is 1. The van der Waals surface area contributed by atoms with E-state index in [4.69, 9.17) is 80.2 Å². The average Bonchev–Trinajstić information content (AvgIpc) is 3.74. The van der Waals surface area contributed by atoms with Gasteiger partial charge < -0.3 is 11.5 Å². The number of benzene rings is 4. The summed E-state index contributed by atoms with van der Waals surface area (Å²) in [6.07, 6.45) is 1.65. The van der Waals surface area contributed by atoms with E-state index in [2.05, 4.69) is 106 Å². The van der Waals surface area contributed by atoms with E-state index in [1.54, 1.807) is 136 Å². The molecule has 1 aliphatic rings. The number of fused-ring (bicyclic) bond motifs is 1. The first-order valence-electron chi connectivity index (χ1n) is 17.2. The molecule has 0 amide bonds. The number of anilines is 2. The van der Waals surface area contributed by atoms with Gasteiger partial charge in [0, 0.05) is 176 Å². The Morgan fingerprint density at radius 1 is 0.486 bits per heavy atom. The van der Waals surface area contributed by atoms with Crippen molar-refractivity contribution in [3.8, 4) is 0 Å². The monoisotopic (exact) mass is 1710 g/mol. The topological polar surface area (TPSA) is 81.5 Å². The molecule has 0 saturated carbocycles. The Hall–Kier alpha value is 8.68. The van der Waals surface area contributed by atoms with Crippen LogP contribution in [0.15, 0.2) is 89.9 Å². The second kappa shape index (κ2) is 50.7. The fourth-order valence-electron chi connectivity index (χ4n) is 4.12. The van der Waals surface area contributed by atoms with Crippen molar-refractivity contribution in [2.75, 3.05) is 11.5 Å². The van der Waals surface area contributed by atoms with Crippen LogP contribution in [0.1, 0.15) is 28.9 Å². The number of hydrogen-bond acceptors (Lipinski definition) is 6. The van der Waals surface area contributed by atoms with E-state index in [0.717, 1.165) is 40.8 Å². The van der Waals surface area contributed by atoms with E-state index >= 15 is 0 Å². The lowest BCUT2D eigenvalue weighted by Crippen LogP contribution is -1.99. The van der Waals surface area contributed by atoms with E-state index in [1.807, 2.05) is 48.5 Å². The summed E-state index contributed by atoms with van der Waals surface area (Å²) in [4.78, 5) is 14.6. The Morgan fingerprint density at radius 3 is 1.12 bits per heavy atom. The van der Waals surface area contributed by atoms with E-state index < -0.39 is 0 Å². The first-order chi connectivity index (χ1) is 33.8. The SMILES string of the molecule is C.Clc1cc2c(cc1Cl)N=C(c1ccccc1)C2.Nc1cc(Cl)c(Cl)cc1N.O=Cc1ccccc1.PP(P)P(P(P)P)P(P(P)P)P(P(P)P)P(P)P.S=S=S=S=S=S=S=S=S=S=S=S=S=S=S=S=S=S. The fourth-order valence-corrected chi connectivity index (χ4v) is 252. The summed E-state index contributed by atoms with van der Waals surface area (Å²) >= 11 is 32.7. The van der Waals surface area contributed by atoms with Crippen molar-refractivity contribution >= 4 is 385 Å². The molecule has 1 heterocycles. The van der Waals surface area contributed by atoms with Gasteiger partial charge in [-0.3, -0.25) is 9.79 Å². The van der Waals surface area contributed by atoms with E-state index in [1.165, 1.54) is 29.9 Å². The molecule has 4 aromatic rings. The number of carbonyl (C=O) groups excluding carboxylic acids is 1. The van der Waals surface area contributed by atoms with Crippen LogP contribution in [0, 0.1) is 0 Å². The number of aldehydes is 1. The minimum Gasteiger partial charge on any atom is -0.397 e. The van der Waals surface area contributed by atoms with Crippen LogP contribution in [0.4, 0.5) is 17.1 Å². The van der Waals surface area contributed by atoms with Crippen LogP contribution >= 0.6 is 192 Å². The van der Waals surface area contributed by atoms with Crippen LogP contribution in [0.25, 0.3) is 0 Å². The van der Waals surface area contributed by atoms with Gasteiger partial charge in [0.2, 0.25) is 0 Å². The molecule has 5 rings (SSSR count). The van der Waals surface area contributed by atoms with Gasteiger partial charge in [-0.05, 0) is 91.3 Å². The lowest BCUT2D eigenvalue weighted by Gasteiger charge is -2.43. The zero-order chi connectivity index (χ0) is 53.3. The maximum atomic E-state index is 10.0. The van der Waals surface area contributed by atoms with Crippen molar-refractivity contribution in [1.82, 2.24) is 0 Å². The average molecular weight is 1720 g/mol. The number of nitrogens with zero attached hydrogens (tertiary/aromatic N) is 1. The Bertz CT molecular complexity index is 2980. The third kappa shape index (κ3) is 36.7. The summed E-state index contributed by atoms with van der Waals surface area (Å²) < 4.78 is 0. The maximum Gasteiger partial charge on any atom is 0.150 e. The predicted molar refractivity (Wildman–Crippen MR) is 442 cm³/mol. The highest BCUT2D eigenvalue weighted by Gasteiger charge is 2.39. The van der Waals surface area contributed by atoms with Crippen LogP contribution in [-0.2, 0) is 171 Å². The number of nitrogen functional groups attached to an aromatic ring is 2. The molecule has 0 fully saturated rings. The van der Waals surface area contributed by atoms with Gasteiger partial charge >= 0.3 is 0 Å². The van der Waals surface area contributed by atoms with Crippen LogP contribution in [0.3, 0.4) is 0 Å². The van der Waals surface area contributed by atoms with E-state index in [9.17, 15) is 4.79 Å². The number of rotatable bonds is 9. The zero-order valence-corrected chi connectivity index (χ0v) is 71.5. The zero-order valence-electron chi connectivity index (χ0n) is 35.1. The van der Waals surface area contributed by atoms with Gasteiger partial charge in [0.15, 0.2) is 0 Å². The van der Waals surface area contributed by atoms with Gasteiger partial charge in [0.25, 0.3) is 0 Å². The van der Waals surface area contributed by atoms with Crippen molar-refractivity contribution in [2.24, 2.45) is 4.99 Å². The summed E-state index contributed by atoms with van der Waals surface area (Å²) in [5.74, 6) is 0. The van der Waals surface area contributed by atoms with Gasteiger partial charge in [-0.1, -0.05) is 114 Å². The number of hydrogen-bond donors (Lipinski definition) is 2. The molecule has 0 radical (unpaired) electrons. The second-order valence-corrected chi connectivity index (χ2v) is 111. The molecular weight excluding hydrogens is 1670 g/mol. The van der Waals surface area contributed by atoms with E-state index in [0.29, 0.717) is 31.5 Å². The maximum absolute atomic E-state index is 10.0. The molecule has 0 saturated heterocycles. The van der Waals surface area contributed by atoms with Gasteiger partial charge in [-0.2, -0.15) is 0 Å². The van der Waals surface area contributed by atoms with Gasteiger partial charge in [-0.15, -0.1) is 89.3 Å². The molecule has 10 atom stereocenters. The Labute approximate surface area is 533 Å². The predicted octanol–water partition coefficient (Wildman–Crippen LogP) is 19.1. The second-order valence-electron chi connectivity index (χ2n) is 11.2.